The molecule has 0 spiro atoms. The van der Waals surface area contributed by atoms with Crippen LogP contribution in [-0.2, 0) is 6.42 Å². The number of hydrogen-bond donors (Lipinski definition) is 0. The van der Waals surface area contributed by atoms with Crippen molar-refractivity contribution in [2.45, 2.75) is 6.42 Å². The second kappa shape index (κ2) is 5.40. The Balaban J connectivity index is 2.16. The average molecular weight is 245 g/mol. The molecule has 0 aliphatic rings. The Morgan fingerprint density at radius 2 is 2.17 bits per heavy atom. The minimum Gasteiger partial charge on any atom is -0.497 e. The van der Waals surface area contributed by atoms with E-state index in [-0.39, 0.29) is 12.2 Å². The molecule has 2 rings (SSSR count). The van der Waals surface area contributed by atoms with E-state index in [4.69, 9.17) is 4.74 Å². The third-order valence-electron chi connectivity index (χ3n) is 2.55. The quantitative estimate of drug-likeness (QED) is 0.614. The van der Waals surface area contributed by atoms with E-state index in [0.29, 0.717) is 16.9 Å². The van der Waals surface area contributed by atoms with Gasteiger partial charge in [-0.1, -0.05) is 12.1 Å². The van der Waals surface area contributed by atoms with Crippen molar-refractivity contribution in [3.63, 3.8) is 0 Å². The molecular weight excluding hydrogens is 233 g/mol. The van der Waals surface area contributed by atoms with Gasteiger partial charge in [-0.3, -0.25) is 4.79 Å². The minimum absolute atomic E-state index is 0.0838. The molecule has 3 nitrogen and oxygen atoms in total. The van der Waals surface area contributed by atoms with Gasteiger partial charge in [-0.05, 0) is 29.8 Å². The van der Waals surface area contributed by atoms with Crippen LogP contribution in [0.4, 0.5) is 4.39 Å². The van der Waals surface area contributed by atoms with E-state index < -0.39 is 5.95 Å². The van der Waals surface area contributed by atoms with Crippen LogP contribution in [0.2, 0.25) is 0 Å². The van der Waals surface area contributed by atoms with E-state index in [1.165, 1.54) is 12.3 Å². The molecule has 0 radical (unpaired) electrons. The summed E-state index contributed by atoms with van der Waals surface area (Å²) in [7, 11) is 1.54. The lowest BCUT2D eigenvalue weighted by Crippen LogP contribution is -2.04. The molecule has 0 bridgehead atoms. The maximum absolute atomic E-state index is 12.9. The molecule has 1 aromatic heterocycles. The van der Waals surface area contributed by atoms with Gasteiger partial charge in [-0.15, -0.1) is 0 Å². The van der Waals surface area contributed by atoms with E-state index >= 15 is 0 Å². The number of ketones is 1. The van der Waals surface area contributed by atoms with E-state index in [2.05, 4.69) is 4.98 Å². The molecule has 0 N–H and O–H groups in total. The predicted molar refractivity (Wildman–Crippen MR) is 65.2 cm³/mol. The average Bonchev–Trinajstić information content (AvgIpc) is 2.39. The van der Waals surface area contributed by atoms with E-state index in [9.17, 15) is 9.18 Å². The molecule has 0 fully saturated rings. The first kappa shape index (κ1) is 12.2. The number of benzene rings is 1. The van der Waals surface area contributed by atoms with Crippen LogP contribution in [0.1, 0.15) is 15.9 Å². The van der Waals surface area contributed by atoms with E-state index in [1.54, 1.807) is 37.4 Å². The second-order valence-electron chi connectivity index (χ2n) is 3.82. The zero-order chi connectivity index (χ0) is 13.0. The molecule has 0 saturated heterocycles. The second-order valence-corrected chi connectivity index (χ2v) is 3.82. The summed E-state index contributed by atoms with van der Waals surface area (Å²) in [6.45, 7) is 0. The van der Waals surface area contributed by atoms with Gasteiger partial charge in [0.25, 0.3) is 0 Å². The van der Waals surface area contributed by atoms with Gasteiger partial charge in [0.2, 0.25) is 5.95 Å². The lowest BCUT2D eigenvalue weighted by molar-refractivity contribution is 0.0992. The van der Waals surface area contributed by atoms with Gasteiger partial charge >= 0.3 is 0 Å². The van der Waals surface area contributed by atoms with Crippen LogP contribution in [0.15, 0.2) is 42.6 Å². The van der Waals surface area contributed by atoms with Crippen LogP contribution < -0.4 is 4.74 Å². The van der Waals surface area contributed by atoms with Crippen LogP contribution >= 0.6 is 0 Å². The third-order valence-corrected chi connectivity index (χ3v) is 2.55. The summed E-state index contributed by atoms with van der Waals surface area (Å²) in [5, 5.41) is 0. The standard InChI is InChI=1S/C14H12FNO2/c1-18-12-4-2-3-11(9-12)13(17)7-10-5-6-16-14(15)8-10/h2-6,8-9H,7H2,1H3. The normalized spacial score (nSPS) is 10.1. The van der Waals surface area contributed by atoms with Crippen LogP contribution in [0.25, 0.3) is 0 Å². The van der Waals surface area contributed by atoms with Gasteiger partial charge in [0, 0.05) is 18.2 Å². The number of hydrogen-bond acceptors (Lipinski definition) is 3. The van der Waals surface area contributed by atoms with Gasteiger partial charge in [0.1, 0.15) is 5.75 Å². The molecule has 0 amide bonds. The van der Waals surface area contributed by atoms with Crippen molar-refractivity contribution in [1.29, 1.82) is 0 Å². The summed E-state index contributed by atoms with van der Waals surface area (Å²) >= 11 is 0. The fraction of sp³-hybridized carbons (Fsp3) is 0.143. The summed E-state index contributed by atoms with van der Waals surface area (Å²) in [5.74, 6) is -0.0350. The molecule has 0 aliphatic carbocycles. The van der Waals surface area contributed by atoms with Crippen LogP contribution in [0, 0.1) is 5.95 Å². The highest BCUT2D eigenvalue weighted by Gasteiger charge is 2.08. The van der Waals surface area contributed by atoms with Crippen molar-refractivity contribution in [2.75, 3.05) is 7.11 Å². The van der Waals surface area contributed by atoms with Crippen LogP contribution in [0.5, 0.6) is 5.75 Å². The molecule has 0 atom stereocenters. The first-order valence-electron chi connectivity index (χ1n) is 5.47. The molecule has 0 unspecified atom stereocenters. The van der Waals surface area contributed by atoms with E-state index in [0.717, 1.165) is 0 Å². The first-order chi connectivity index (χ1) is 8.69. The lowest BCUT2D eigenvalue weighted by atomic mass is 10.0. The van der Waals surface area contributed by atoms with Gasteiger partial charge in [0.15, 0.2) is 5.78 Å². The van der Waals surface area contributed by atoms with Gasteiger partial charge in [-0.25, -0.2) is 4.98 Å². The first-order valence-corrected chi connectivity index (χ1v) is 5.47. The fourth-order valence-corrected chi connectivity index (χ4v) is 1.64. The molecule has 0 saturated carbocycles. The van der Waals surface area contributed by atoms with Gasteiger partial charge in [0.05, 0.1) is 7.11 Å². The summed E-state index contributed by atoms with van der Waals surface area (Å²) in [5.41, 5.74) is 1.15. The smallest absolute Gasteiger partial charge is 0.213 e. The Morgan fingerprint density at radius 1 is 1.33 bits per heavy atom. The number of pyridine rings is 1. The number of carbonyl (C=O) groups is 1. The van der Waals surface area contributed by atoms with E-state index in [1.807, 2.05) is 0 Å². The predicted octanol–water partition coefficient (Wildman–Crippen LogP) is 2.65. The largest absolute Gasteiger partial charge is 0.497 e. The highest BCUT2D eigenvalue weighted by Crippen LogP contribution is 2.15. The van der Waals surface area contributed by atoms with Crippen LogP contribution in [-0.4, -0.2) is 17.9 Å². The summed E-state index contributed by atoms with van der Waals surface area (Å²) in [6, 6.07) is 9.78. The minimum atomic E-state index is -0.578. The zero-order valence-electron chi connectivity index (χ0n) is 9.89. The maximum atomic E-state index is 12.9. The molecule has 2 aromatic rings. The molecule has 0 aliphatic heterocycles. The number of carbonyl (C=O) groups excluding carboxylic acids is 1. The van der Waals surface area contributed by atoms with Gasteiger partial charge in [-0.2, -0.15) is 4.39 Å². The van der Waals surface area contributed by atoms with Crippen molar-refractivity contribution in [2.24, 2.45) is 0 Å². The molecule has 92 valence electrons. The molecule has 4 heteroatoms. The molecule has 18 heavy (non-hydrogen) atoms. The Bertz CT molecular complexity index is 569. The van der Waals surface area contributed by atoms with Gasteiger partial charge < -0.3 is 4.74 Å². The van der Waals surface area contributed by atoms with Crippen molar-refractivity contribution in [3.8, 4) is 5.75 Å². The number of ether oxygens (including phenoxy) is 1. The number of rotatable bonds is 4. The highest BCUT2D eigenvalue weighted by atomic mass is 19.1. The van der Waals surface area contributed by atoms with Crippen molar-refractivity contribution < 1.29 is 13.9 Å². The fourth-order valence-electron chi connectivity index (χ4n) is 1.64. The molecular formula is C14H12FNO2. The third kappa shape index (κ3) is 2.91. The van der Waals surface area contributed by atoms with Crippen molar-refractivity contribution in [3.05, 3.63) is 59.7 Å². The number of aromatic nitrogens is 1. The Labute approximate surface area is 104 Å². The Kier molecular flexibility index (Phi) is 3.67. The topological polar surface area (TPSA) is 39.2 Å². The lowest BCUT2D eigenvalue weighted by Gasteiger charge is -2.04. The number of halogens is 1. The molecule has 1 heterocycles. The zero-order valence-corrected chi connectivity index (χ0v) is 9.89. The molecule has 1 aromatic carbocycles. The van der Waals surface area contributed by atoms with Crippen molar-refractivity contribution in [1.82, 2.24) is 4.98 Å². The maximum Gasteiger partial charge on any atom is 0.213 e. The summed E-state index contributed by atoms with van der Waals surface area (Å²) < 4.78 is 17.9. The number of nitrogens with zero attached hydrogens (tertiary/aromatic N) is 1. The van der Waals surface area contributed by atoms with Crippen molar-refractivity contribution >= 4 is 5.78 Å². The number of methoxy groups -OCH3 is 1. The number of Topliss-reactive ketones (excluding diaryl/α,β-unsaturated/α-hetero) is 1. The van der Waals surface area contributed by atoms with Crippen LogP contribution in [0.3, 0.4) is 0 Å². The SMILES string of the molecule is COc1cccc(C(=O)Cc2ccnc(F)c2)c1. The summed E-state index contributed by atoms with van der Waals surface area (Å²) in [6.07, 6.45) is 1.50. The Morgan fingerprint density at radius 3 is 2.89 bits per heavy atom. The monoisotopic (exact) mass is 245 g/mol. The highest BCUT2D eigenvalue weighted by molar-refractivity contribution is 5.97. The summed E-state index contributed by atoms with van der Waals surface area (Å²) in [4.78, 5) is 15.4. The Hall–Kier alpha value is -2.23.